The molecule has 0 aliphatic carbocycles. The molecule has 0 saturated carbocycles. The highest BCUT2D eigenvalue weighted by molar-refractivity contribution is 5.90. The Morgan fingerprint density at radius 1 is 0.815 bits per heavy atom. The van der Waals surface area contributed by atoms with Crippen molar-refractivity contribution in [1.29, 1.82) is 0 Å². The fraction of sp³-hybridized carbons (Fsp3) is 0.208. The second-order valence-electron chi connectivity index (χ2n) is 6.87. The van der Waals surface area contributed by atoms with Gasteiger partial charge in [0.05, 0.1) is 5.56 Å². The van der Waals surface area contributed by atoms with Crippen LogP contribution in [0.3, 0.4) is 0 Å². The summed E-state index contributed by atoms with van der Waals surface area (Å²) in [4.78, 5) is 11.1. The van der Waals surface area contributed by atoms with E-state index in [2.05, 4.69) is 24.3 Å². The van der Waals surface area contributed by atoms with Gasteiger partial charge in [-0.15, -0.1) is 0 Å². The second-order valence-corrected chi connectivity index (χ2v) is 6.87. The first kappa shape index (κ1) is 18.8. The van der Waals surface area contributed by atoms with E-state index in [9.17, 15) is 9.18 Å². The molecule has 0 aromatic heterocycles. The summed E-state index contributed by atoms with van der Waals surface area (Å²) in [5, 5.41) is 9.13. The first-order valence-electron chi connectivity index (χ1n) is 9.20. The monoisotopic (exact) mass is 362 g/mol. The molecule has 0 unspecified atom stereocenters. The normalized spacial score (nSPS) is 10.7. The van der Waals surface area contributed by atoms with Gasteiger partial charge in [-0.05, 0) is 78.6 Å². The molecule has 0 atom stereocenters. The van der Waals surface area contributed by atoms with E-state index in [0.29, 0.717) is 5.56 Å². The Balaban J connectivity index is 1.55. The minimum atomic E-state index is -0.893. The third-order valence-corrected chi connectivity index (χ3v) is 4.84. The van der Waals surface area contributed by atoms with Gasteiger partial charge in [0.1, 0.15) is 5.82 Å². The molecule has 3 aromatic carbocycles. The quantitative estimate of drug-likeness (QED) is 0.518. The Labute approximate surface area is 159 Å². The van der Waals surface area contributed by atoms with E-state index in [1.807, 2.05) is 31.2 Å². The maximum absolute atomic E-state index is 12.9. The predicted octanol–water partition coefficient (Wildman–Crippen LogP) is 6.06. The van der Waals surface area contributed by atoms with Crippen molar-refractivity contribution >= 4 is 5.97 Å². The summed E-state index contributed by atoms with van der Waals surface area (Å²) in [5.74, 6) is -1.08. The van der Waals surface area contributed by atoms with E-state index >= 15 is 0 Å². The van der Waals surface area contributed by atoms with Crippen LogP contribution in [0.2, 0.25) is 0 Å². The molecule has 2 nitrogen and oxygen atoms in total. The third kappa shape index (κ3) is 5.04. The molecule has 3 aromatic rings. The van der Waals surface area contributed by atoms with Crippen LogP contribution >= 0.6 is 0 Å². The molecule has 27 heavy (non-hydrogen) atoms. The Kier molecular flexibility index (Phi) is 6.02. The number of halogens is 1. The highest BCUT2D eigenvalue weighted by Crippen LogP contribution is 2.23. The lowest BCUT2D eigenvalue weighted by Gasteiger charge is -2.08. The van der Waals surface area contributed by atoms with Gasteiger partial charge in [0.15, 0.2) is 0 Å². The van der Waals surface area contributed by atoms with E-state index in [-0.39, 0.29) is 5.82 Å². The van der Waals surface area contributed by atoms with Gasteiger partial charge in [-0.25, -0.2) is 9.18 Å². The average Bonchev–Trinajstić information content (AvgIpc) is 2.67. The number of aromatic carboxylic acids is 1. The Morgan fingerprint density at radius 2 is 1.33 bits per heavy atom. The predicted molar refractivity (Wildman–Crippen MR) is 107 cm³/mol. The van der Waals surface area contributed by atoms with Gasteiger partial charge in [0.2, 0.25) is 0 Å². The molecule has 0 bridgehead atoms. The Bertz CT molecular complexity index is 912. The van der Waals surface area contributed by atoms with Crippen molar-refractivity contribution in [3.05, 3.63) is 94.8 Å². The van der Waals surface area contributed by atoms with Gasteiger partial charge in [-0.3, -0.25) is 0 Å². The smallest absolute Gasteiger partial charge is 0.335 e. The number of rotatable bonds is 7. The van der Waals surface area contributed by atoms with Gasteiger partial charge in [0, 0.05) is 0 Å². The van der Waals surface area contributed by atoms with E-state index in [4.69, 9.17) is 5.11 Å². The molecule has 0 saturated heterocycles. The molecule has 0 spiro atoms. The van der Waals surface area contributed by atoms with Gasteiger partial charge >= 0.3 is 5.97 Å². The largest absolute Gasteiger partial charge is 0.478 e. The molecule has 0 aliphatic rings. The molecule has 0 radical (unpaired) electrons. The zero-order valence-corrected chi connectivity index (χ0v) is 15.4. The number of hydrogen-bond donors (Lipinski definition) is 1. The fourth-order valence-corrected chi connectivity index (χ4v) is 3.26. The molecular formula is C24H23FO2. The topological polar surface area (TPSA) is 37.3 Å². The van der Waals surface area contributed by atoms with Crippen molar-refractivity contribution in [1.82, 2.24) is 0 Å². The molecule has 0 fully saturated rings. The van der Waals surface area contributed by atoms with Gasteiger partial charge < -0.3 is 5.11 Å². The third-order valence-electron chi connectivity index (χ3n) is 4.84. The number of hydrogen-bond acceptors (Lipinski definition) is 1. The number of carboxylic acid groups (broad SMARTS) is 1. The van der Waals surface area contributed by atoms with Crippen LogP contribution in [-0.2, 0) is 12.8 Å². The molecular weight excluding hydrogens is 339 g/mol. The highest BCUT2D eigenvalue weighted by Gasteiger charge is 2.08. The van der Waals surface area contributed by atoms with Crippen molar-refractivity contribution in [3.63, 3.8) is 0 Å². The van der Waals surface area contributed by atoms with Crippen LogP contribution in [0.25, 0.3) is 11.1 Å². The van der Waals surface area contributed by atoms with Crippen LogP contribution in [0, 0.1) is 12.7 Å². The lowest BCUT2D eigenvalue weighted by Crippen LogP contribution is -1.99. The lowest BCUT2D eigenvalue weighted by molar-refractivity contribution is 0.0696. The Morgan fingerprint density at radius 3 is 1.85 bits per heavy atom. The number of aryl methyl sites for hydroxylation is 3. The van der Waals surface area contributed by atoms with E-state index < -0.39 is 5.97 Å². The molecule has 0 aliphatic heterocycles. The summed E-state index contributed by atoms with van der Waals surface area (Å²) in [6, 6.07) is 20.6. The van der Waals surface area contributed by atoms with Crippen LogP contribution < -0.4 is 0 Å². The molecule has 1 N–H and O–H groups in total. The minimum Gasteiger partial charge on any atom is -0.478 e. The minimum absolute atomic E-state index is 0.188. The highest BCUT2D eigenvalue weighted by atomic mass is 19.1. The number of benzene rings is 3. The van der Waals surface area contributed by atoms with Crippen molar-refractivity contribution in [2.75, 3.05) is 0 Å². The first-order valence-corrected chi connectivity index (χ1v) is 9.20. The summed E-state index contributed by atoms with van der Waals surface area (Å²) in [5.41, 5.74) is 5.69. The fourth-order valence-electron chi connectivity index (χ4n) is 3.26. The summed E-state index contributed by atoms with van der Waals surface area (Å²) >= 11 is 0. The Hall–Kier alpha value is -2.94. The van der Waals surface area contributed by atoms with E-state index in [1.165, 1.54) is 23.3 Å². The van der Waals surface area contributed by atoms with Gasteiger partial charge in [0.25, 0.3) is 0 Å². The van der Waals surface area contributed by atoms with E-state index in [1.54, 1.807) is 6.07 Å². The molecule has 0 heterocycles. The molecule has 3 heteroatoms. The van der Waals surface area contributed by atoms with Crippen LogP contribution in [0.4, 0.5) is 4.39 Å². The second kappa shape index (κ2) is 8.63. The number of unbranched alkanes of at least 4 members (excludes halogenated alkanes) is 1. The SMILES string of the molecule is Cc1cc(-c2ccc(CCCCc3ccc(F)cc3)cc2)ccc1C(=O)O. The van der Waals surface area contributed by atoms with Crippen molar-refractivity contribution < 1.29 is 14.3 Å². The van der Waals surface area contributed by atoms with Crippen LogP contribution in [0.1, 0.15) is 39.9 Å². The van der Waals surface area contributed by atoms with E-state index in [0.717, 1.165) is 42.4 Å². The molecule has 3 rings (SSSR count). The van der Waals surface area contributed by atoms with Crippen LogP contribution in [0.5, 0.6) is 0 Å². The summed E-state index contributed by atoms with van der Waals surface area (Å²) in [6.07, 6.45) is 4.14. The maximum atomic E-state index is 12.9. The van der Waals surface area contributed by atoms with Gasteiger partial charge in [-0.1, -0.05) is 48.5 Å². The maximum Gasteiger partial charge on any atom is 0.335 e. The first-order chi connectivity index (χ1) is 13.0. The summed E-state index contributed by atoms with van der Waals surface area (Å²) < 4.78 is 12.9. The number of carbonyl (C=O) groups is 1. The van der Waals surface area contributed by atoms with Crippen LogP contribution in [0.15, 0.2) is 66.7 Å². The summed E-state index contributed by atoms with van der Waals surface area (Å²) in [6.45, 7) is 1.82. The standard InChI is InChI=1S/C24H23FO2/c1-17-16-21(12-15-23(17)24(26)27)20-10-6-18(7-11-20)4-2-3-5-19-8-13-22(25)14-9-19/h6-16H,2-5H2,1H3,(H,26,27). The van der Waals surface area contributed by atoms with Crippen LogP contribution in [-0.4, -0.2) is 11.1 Å². The molecule has 0 amide bonds. The number of carboxylic acids is 1. The average molecular weight is 362 g/mol. The zero-order chi connectivity index (χ0) is 19.2. The zero-order valence-electron chi connectivity index (χ0n) is 15.4. The molecule has 138 valence electrons. The van der Waals surface area contributed by atoms with Crippen molar-refractivity contribution in [2.24, 2.45) is 0 Å². The summed E-state index contributed by atoms with van der Waals surface area (Å²) in [7, 11) is 0. The van der Waals surface area contributed by atoms with Gasteiger partial charge in [-0.2, -0.15) is 0 Å². The van der Waals surface area contributed by atoms with Crippen molar-refractivity contribution in [3.8, 4) is 11.1 Å². The van der Waals surface area contributed by atoms with Crippen molar-refractivity contribution in [2.45, 2.75) is 32.6 Å². The lowest BCUT2D eigenvalue weighted by atomic mass is 9.98.